The standard InChI is InChI=1S/C19H19N3O2S/c1-12-16(18(23)21-14-8-4-3-5-9-14)17(22-19(25)20-12)13-7-6-10-15(11-13)24-2/h3-11,17H,1-2H3,(H,21,23)(H2,20,22,25). The topological polar surface area (TPSA) is 62.4 Å². The van der Waals surface area contributed by atoms with Crippen LogP contribution in [0.1, 0.15) is 18.5 Å². The highest BCUT2D eigenvalue weighted by molar-refractivity contribution is 7.80. The first-order valence-corrected chi connectivity index (χ1v) is 8.28. The van der Waals surface area contributed by atoms with Crippen molar-refractivity contribution in [3.05, 3.63) is 71.4 Å². The van der Waals surface area contributed by atoms with Gasteiger partial charge in [-0.2, -0.15) is 0 Å². The molecule has 0 radical (unpaired) electrons. The molecule has 0 fully saturated rings. The molecular weight excluding hydrogens is 334 g/mol. The van der Waals surface area contributed by atoms with Crippen molar-refractivity contribution >= 4 is 28.9 Å². The van der Waals surface area contributed by atoms with E-state index in [1.165, 1.54) is 0 Å². The molecule has 1 aliphatic rings. The average molecular weight is 353 g/mol. The fourth-order valence-corrected chi connectivity index (χ4v) is 3.06. The van der Waals surface area contributed by atoms with Crippen LogP contribution in [0.4, 0.5) is 5.69 Å². The van der Waals surface area contributed by atoms with Crippen molar-refractivity contribution in [3.63, 3.8) is 0 Å². The third kappa shape index (κ3) is 3.80. The van der Waals surface area contributed by atoms with Crippen LogP contribution >= 0.6 is 12.2 Å². The first-order valence-electron chi connectivity index (χ1n) is 7.87. The van der Waals surface area contributed by atoms with Crippen molar-refractivity contribution in [2.75, 3.05) is 12.4 Å². The van der Waals surface area contributed by atoms with Crippen molar-refractivity contribution in [2.45, 2.75) is 13.0 Å². The average Bonchev–Trinajstić information content (AvgIpc) is 2.61. The lowest BCUT2D eigenvalue weighted by Gasteiger charge is -2.30. The van der Waals surface area contributed by atoms with E-state index >= 15 is 0 Å². The molecule has 128 valence electrons. The molecule has 5 nitrogen and oxygen atoms in total. The molecule has 6 heteroatoms. The Labute approximate surface area is 152 Å². The van der Waals surface area contributed by atoms with Crippen LogP contribution in [0, 0.1) is 0 Å². The normalized spacial score (nSPS) is 16.7. The number of nitrogens with one attached hydrogen (secondary N) is 3. The van der Waals surface area contributed by atoms with Crippen LogP contribution in [0.5, 0.6) is 5.75 Å². The van der Waals surface area contributed by atoms with Crippen LogP contribution in [0.25, 0.3) is 0 Å². The van der Waals surface area contributed by atoms with E-state index in [1.54, 1.807) is 7.11 Å². The predicted octanol–water partition coefficient (Wildman–Crippen LogP) is 3.13. The number of para-hydroxylation sites is 1. The first-order chi connectivity index (χ1) is 12.1. The monoisotopic (exact) mass is 353 g/mol. The molecule has 1 atom stereocenters. The van der Waals surface area contributed by atoms with Crippen molar-refractivity contribution in [3.8, 4) is 5.75 Å². The minimum atomic E-state index is -0.354. The lowest BCUT2D eigenvalue weighted by atomic mass is 9.94. The molecule has 0 saturated heterocycles. The number of allylic oxidation sites excluding steroid dienone is 1. The molecule has 1 heterocycles. The van der Waals surface area contributed by atoms with Gasteiger partial charge in [0.1, 0.15) is 5.75 Å². The van der Waals surface area contributed by atoms with Gasteiger partial charge in [-0.25, -0.2) is 0 Å². The maximum atomic E-state index is 12.9. The van der Waals surface area contributed by atoms with E-state index in [9.17, 15) is 4.79 Å². The van der Waals surface area contributed by atoms with E-state index < -0.39 is 0 Å². The molecule has 25 heavy (non-hydrogen) atoms. The lowest BCUT2D eigenvalue weighted by molar-refractivity contribution is -0.113. The summed E-state index contributed by atoms with van der Waals surface area (Å²) in [6.07, 6.45) is 0. The Balaban J connectivity index is 1.96. The molecule has 3 N–H and O–H groups in total. The second-order valence-corrected chi connectivity index (χ2v) is 6.08. The summed E-state index contributed by atoms with van der Waals surface area (Å²) in [5, 5.41) is 9.63. The largest absolute Gasteiger partial charge is 0.497 e. The summed E-state index contributed by atoms with van der Waals surface area (Å²) in [5.74, 6) is 0.545. The fraction of sp³-hybridized carbons (Fsp3) is 0.158. The predicted molar refractivity (Wildman–Crippen MR) is 102 cm³/mol. The Hall–Kier alpha value is -2.86. The van der Waals surface area contributed by atoms with Gasteiger partial charge < -0.3 is 20.7 Å². The van der Waals surface area contributed by atoms with E-state index in [0.717, 1.165) is 22.7 Å². The van der Waals surface area contributed by atoms with Gasteiger partial charge >= 0.3 is 0 Å². The maximum Gasteiger partial charge on any atom is 0.255 e. The smallest absolute Gasteiger partial charge is 0.255 e. The summed E-state index contributed by atoms with van der Waals surface area (Å²) in [6, 6.07) is 16.6. The minimum absolute atomic E-state index is 0.181. The minimum Gasteiger partial charge on any atom is -0.497 e. The molecule has 0 aliphatic carbocycles. The highest BCUT2D eigenvalue weighted by Crippen LogP contribution is 2.29. The Kier molecular flexibility index (Phi) is 5.00. The highest BCUT2D eigenvalue weighted by atomic mass is 32.1. The summed E-state index contributed by atoms with van der Waals surface area (Å²) in [5.41, 5.74) is 2.96. The van der Waals surface area contributed by atoms with Crippen LogP contribution in [-0.4, -0.2) is 18.1 Å². The third-order valence-corrected chi connectivity index (χ3v) is 4.19. The summed E-state index contributed by atoms with van der Waals surface area (Å²) >= 11 is 5.27. The van der Waals surface area contributed by atoms with Crippen molar-refractivity contribution in [1.82, 2.24) is 10.6 Å². The number of amides is 1. The second-order valence-electron chi connectivity index (χ2n) is 5.67. The van der Waals surface area contributed by atoms with Crippen LogP contribution in [0.3, 0.4) is 0 Å². The Bertz CT molecular complexity index is 834. The van der Waals surface area contributed by atoms with Crippen LogP contribution in [0.15, 0.2) is 65.9 Å². The fourth-order valence-electron chi connectivity index (χ4n) is 2.79. The van der Waals surface area contributed by atoms with E-state index in [-0.39, 0.29) is 11.9 Å². The van der Waals surface area contributed by atoms with E-state index in [2.05, 4.69) is 16.0 Å². The number of rotatable bonds is 4. The molecule has 0 spiro atoms. The van der Waals surface area contributed by atoms with Crippen LogP contribution in [0.2, 0.25) is 0 Å². The molecule has 1 aliphatic heterocycles. The Morgan fingerprint density at radius 1 is 1.16 bits per heavy atom. The number of carbonyl (C=O) groups is 1. The number of benzene rings is 2. The van der Waals surface area contributed by atoms with Gasteiger partial charge in [-0.1, -0.05) is 30.3 Å². The van der Waals surface area contributed by atoms with Gasteiger partial charge in [0.15, 0.2) is 5.11 Å². The SMILES string of the molecule is COc1cccc(C2NC(=S)NC(C)=C2C(=O)Nc2ccccc2)c1. The van der Waals surface area contributed by atoms with Crippen LogP contribution < -0.4 is 20.7 Å². The van der Waals surface area contributed by atoms with Gasteiger partial charge in [0.25, 0.3) is 5.91 Å². The zero-order valence-corrected chi connectivity index (χ0v) is 14.8. The molecule has 0 bridgehead atoms. The molecule has 1 amide bonds. The lowest BCUT2D eigenvalue weighted by Crippen LogP contribution is -2.45. The third-order valence-electron chi connectivity index (χ3n) is 3.97. The number of ether oxygens (including phenoxy) is 1. The Morgan fingerprint density at radius 3 is 2.64 bits per heavy atom. The summed E-state index contributed by atoms with van der Waals surface area (Å²) < 4.78 is 5.30. The molecule has 2 aromatic carbocycles. The van der Waals surface area contributed by atoms with Crippen molar-refractivity contribution in [1.29, 1.82) is 0 Å². The van der Waals surface area contributed by atoms with Gasteiger partial charge in [0.05, 0.1) is 18.7 Å². The van der Waals surface area contributed by atoms with Crippen molar-refractivity contribution in [2.24, 2.45) is 0 Å². The molecule has 2 aromatic rings. The second kappa shape index (κ2) is 7.36. The van der Waals surface area contributed by atoms with E-state index in [0.29, 0.717) is 10.7 Å². The number of carbonyl (C=O) groups excluding carboxylic acids is 1. The van der Waals surface area contributed by atoms with E-state index in [4.69, 9.17) is 17.0 Å². The van der Waals surface area contributed by atoms with Crippen molar-refractivity contribution < 1.29 is 9.53 Å². The quantitative estimate of drug-likeness (QED) is 0.737. The number of methoxy groups -OCH3 is 1. The highest BCUT2D eigenvalue weighted by Gasteiger charge is 2.30. The Morgan fingerprint density at radius 2 is 1.92 bits per heavy atom. The summed E-state index contributed by atoms with van der Waals surface area (Å²) in [6.45, 7) is 1.85. The number of thiocarbonyl (C=S) groups is 1. The molecular formula is C19H19N3O2S. The molecule has 1 unspecified atom stereocenters. The molecule has 3 rings (SSSR count). The van der Waals surface area contributed by atoms with Gasteiger partial charge in [-0.3, -0.25) is 4.79 Å². The maximum absolute atomic E-state index is 12.9. The number of anilines is 1. The first kappa shape index (κ1) is 17.0. The van der Waals surface area contributed by atoms with Gasteiger partial charge in [-0.15, -0.1) is 0 Å². The van der Waals surface area contributed by atoms with E-state index in [1.807, 2.05) is 61.5 Å². The zero-order chi connectivity index (χ0) is 17.8. The number of hydrogen-bond donors (Lipinski definition) is 3. The van der Waals surface area contributed by atoms with Gasteiger partial charge in [0.2, 0.25) is 0 Å². The van der Waals surface area contributed by atoms with Crippen LogP contribution in [-0.2, 0) is 4.79 Å². The zero-order valence-electron chi connectivity index (χ0n) is 14.0. The number of hydrogen-bond acceptors (Lipinski definition) is 3. The molecule has 0 saturated carbocycles. The molecule has 0 aromatic heterocycles. The van der Waals surface area contributed by atoms with Gasteiger partial charge in [-0.05, 0) is 49.0 Å². The summed E-state index contributed by atoms with van der Waals surface area (Å²) in [7, 11) is 1.61. The summed E-state index contributed by atoms with van der Waals surface area (Å²) in [4.78, 5) is 12.9. The van der Waals surface area contributed by atoms with Gasteiger partial charge in [0, 0.05) is 11.4 Å².